The molecule has 0 aromatic rings. The van der Waals surface area contributed by atoms with Crippen molar-refractivity contribution >= 4 is 22.8 Å². The van der Waals surface area contributed by atoms with Crippen LogP contribution in [0.25, 0.3) is 0 Å². The number of nitrogens with one attached hydrogen (secondary N) is 2. The highest BCUT2D eigenvalue weighted by molar-refractivity contribution is 8.13. The van der Waals surface area contributed by atoms with Gasteiger partial charge >= 0.3 is 0 Å². The number of aliphatic imine (C=N–C) groups is 1. The van der Waals surface area contributed by atoms with Crippen molar-refractivity contribution in [2.45, 2.75) is 52.5 Å². The Morgan fingerprint density at radius 1 is 1.58 bits per heavy atom. The Morgan fingerprint density at radius 2 is 2.32 bits per heavy atom. The number of thioether (sulfide) groups is 1. The molecule has 0 saturated carbocycles. The molecule has 19 heavy (non-hydrogen) atoms. The van der Waals surface area contributed by atoms with Gasteiger partial charge in [-0.3, -0.25) is 9.79 Å². The number of carbonyl (C=O) groups excluding carboxylic acids is 1. The van der Waals surface area contributed by atoms with Crippen molar-refractivity contribution < 1.29 is 4.79 Å². The molecule has 110 valence electrons. The summed E-state index contributed by atoms with van der Waals surface area (Å²) in [7, 11) is 0. The Hall–Kier alpha value is -0.710. The Balaban J connectivity index is 2.30. The Morgan fingerprint density at radius 3 is 2.95 bits per heavy atom. The maximum atomic E-state index is 11.6. The summed E-state index contributed by atoms with van der Waals surface area (Å²) in [6, 6.07) is 0. The zero-order chi connectivity index (χ0) is 14.3. The van der Waals surface area contributed by atoms with Crippen molar-refractivity contribution in [3.8, 4) is 0 Å². The molecule has 0 bridgehead atoms. The van der Waals surface area contributed by atoms with Crippen LogP contribution in [0.4, 0.5) is 0 Å². The average Bonchev–Trinajstić information content (AvgIpc) is 2.36. The number of hydrogen-bond acceptors (Lipinski definition) is 3. The molecular formula is C14H27N3OS. The molecule has 0 spiro atoms. The molecule has 1 unspecified atom stereocenters. The van der Waals surface area contributed by atoms with Crippen LogP contribution in [0.1, 0.15) is 47.0 Å². The second-order valence-corrected chi connectivity index (χ2v) is 6.86. The summed E-state index contributed by atoms with van der Waals surface area (Å²) >= 11 is 1.76. The number of carbonyl (C=O) groups is 1. The summed E-state index contributed by atoms with van der Waals surface area (Å²) < 4.78 is 0. The molecule has 0 aromatic carbocycles. The first-order valence-corrected chi connectivity index (χ1v) is 8.16. The minimum Gasteiger partial charge on any atom is -0.360 e. The quantitative estimate of drug-likeness (QED) is 0.788. The van der Waals surface area contributed by atoms with Crippen molar-refractivity contribution in [2.75, 3.05) is 18.8 Å². The van der Waals surface area contributed by atoms with Crippen LogP contribution in [0.2, 0.25) is 0 Å². The molecular weight excluding hydrogens is 258 g/mol. The lowest BCUT2D eigenvalue weighted by Gasteiger charge is -2.35. The smallest absolute Gasteiger partial charge is 0.221 e. The van der Waals surface area contributed by atoms with Crippen molar-refractivity contribution in [3.05, 3.63) is 0 Å². The highest BCUT2D eigenvalue weighted by Gasteiger charge is 2.27. The van der Waals surface area contributed by atoms with Crippen molar-refractivity contribution in [3.63, 3.8) is 0 Å². The van der Waals surface area contributed by atoms with Crippen LogP contribution in [0, 0.1) is 5.92 Å². The third-order valence-corrected chi connectivity index (χ3v) is 4.30. The van der Waals surface area contributed by atoms with E-state index in [2.05, 4.69) is 43.3 Å². The Bertz CT molecular complexity index is 331. The second-order valence-electron chi connectivity index (χ2n) is 5.77. The van der Waals surface area contributed by atoms with Crippen molar-refractivity contribution in [1.29, 1.82) is 0 Å². The molecule has 1 heterocycles. The third-order valence-electron chi connectivity index (χ3n) is 3.38. The molecule has 5 heteroatoms. The van der Waals surface area contributed by atoms with E-state index in [4.69, 9.17) is 0 Å². The fourth-order valence-corrected chi connectivity index (χ4v) is 2.99. The molecule has 1 atom stereocenters. The first-order chi connectivity index (χ1) is 8.95. The van der Waals surface area contributed by atoms with Gasteiger partial charge in [-0.1, -0.05) is 32.5 Å². The van der Waals surface area contributed by atoms with E-state index in [1.165, 1.54) is 6.42 Å². The van der Waals surface area contributed by atoms with Crippen LogP contribution in [0.5, 0.6) is 0 Å². The molecule has 1 rings (SSSR count). The number of hydrogen-bond donors (Lipinski definition) is 2. The summed E-state index contributed by atoms with van der Waals surface area (Å²) in [5.41, 5.74) is 0.171. The Labute approximate surface area is 121 Å². The van der Waals surface area contributed by atoms with Crippen LogP contribution in [-0.2, 0) is 4.79 Å². The monoisotopic (exact) mass is 285 g/mol. The standard InChI is InChI=1S/C14H27N3OS/c1-5-14(4)7-9-19-13(17-14)15-8-6-12(18)16-10-11(2)3/h11H,5-10H2,1-4H3,(H,15,17)(H,16,18). The lowest BCUT2D eigenvalue weighted by molar-refractivity contribution is -0.121. The van der Waals surface area contributed by atoms with Gasteiger partial charge in [0, 0.05) is 24.3 Å². The summed E-state index contributed by atoms with van der Waals surface area (Å²) in [5, 5.41) is 7.39. The zero-order valence-corrected chi connectivity index (χ0v) is 13.4. The fraction of sp³-hybridized carbons (Fsp3) is 0.857. The maximum absolute atomic E-state index is 11.6. The number of nitrogens with zero attached hydrogens (tertiary/aromatic N) is 1. The molecule has 0 aromatic heterocycles. The molecule has 1 fully saturated rings. The normalized spacial score (nSPS) is 25.4. The molecule has 4 nitrogen and oxygen atoms in total. The van der Waals surface area contributed by atoms with Crippen LogP contribution < -0.4 is 10.6 Å². The van der Waals surface area contributed by atoms with Gasteiger partial charge in [-0.05, 0) is 25.7 Å². The molecule has 1 aliphatic heterocycles. The molecule has 2 N–H and O–H groups in total. The van der Waals surface area contributed by atoms with Gasteiger partial charge in [0.25, 0.3) is 0 Å². The molecule has 1 amide bonds. The molecule has 1 aliphatic rings. The summed E-state index contributed by atoms with van der Waals surface area (Å²) in [4.78, 5) is 16.1. The van der Waals surface area contributed by atoms with Gasteiger partial charge in [0.2, 0.25) is 5.91 Å². The minimum atomic E-state index is 0.0945. The van der Waals surface area contributed by atoms with Gasteiger partial charge in [-0.15, -0.1) is 0 Å². The van der Waals surface area contributed by atoms with Crippen LogP contribution in [0.15, 0.2) is 4.99 Å². The Kier molecular flexibility index (Phi) is 6.69. The molecule has 0 aliphatic carbocycles. The fourth-order valence-electron chi connectivity index (χ4n) is 1.75. The third kappa shape index (κ3) is 6.32. The lowest BCUT2D eigenvalue weighted by atomic mass is 9.96. The van der Waals surface area contributed by atoms with E-state index >= 15 is 0 Å². The van der Waals surface area contributed by atoms with Gasteiger partial charge in [-0.25, -0.2) is 0 Å². The number of amidine groups is 1. The van der Waals surface area contributed by atoms with Crippen molar-refractivity contribution in [1.82, 2.24) is 10.6 Å². The first kappa shape index (κ1) is 16.3. The highest BCUT2D eigenvalue weighted by Crippen LogP contribution is 2.24. The second kappa shape index (κ2) is 7.78. The van der Waals surface area contributed by atoms with Gasteiger partial charge < -0.3 is 10.6 Å². The molecule has 0 radical (unpaired) electrons. The van der Waals surface area contributed by atoms with Crippen LogP contribution in [-0.4, -0.2) is 35.5 Å². The van der Waals surface area contributed by atoms with E-state index in [0.29, 0.717) is 18.9 Å². The largest absolute Gasteiger partial charge is 0.360 e. The highest BCUT2D eigenvalue weighted by atomic mass is 32.2. The van der Waals surface area contributed by atoms with Gasteiger partial charge in [0.05, 0.1) is 6.54 Å². The summed E-state index contributed by atoms with van der Waals surface area (Å²) in [5.74, 6) is 1.70. The van der Waals surface area contributed by atoms with E-state index in [0.717, 1.165) is 23.9 Å². The van der Waals surface area contributed by atoms with Crippen LogP contribution >= 0.6 is 11.8 Å². The molecule has 1 saturated heterocycles. The minimum absolute atomic E-state index is 0.0945. The van der Waals surface area contributed by atoms with E-state index in [1.807, 2.05) is 0 Å². The average molecular weight is 285 g/mol. The first-order valence-electron chi connectivity index (χ1n) is 7.17. The van der Waals surface area contributed by atoms with E-state index in [-0.39, 0.29) is 11.4 Å². The lowest BCUT2D eigenvalue weighted by Crippen LogP contribution is -2.48. The summed E-state index contributed by atoms with van der Waals surface area (Å²) in [6.07, 6.45) is 2.74. The number of amides is 1. The van der Waals surface area contributed by atoms with Crippen molar-refractivity contribution in [2.24, 2.45) is 10.9 Å². The topological polar surface area (TPSA) is 53.5 Å². The summed E-state index contributed by atoms with van der Waals surface area (Å²) in [6.45, 7) is 9.93. The number of rotatable bonds is 6. The van der Waals surface area contributed by atoms with Crippen LogP contribution in [0.3, 0.4) is 0 Å². The SMILES string of the molecule is CCC1(C)CCSC(=NCCC(=O)NCC(C)C)N1. The predicted octanol–water partition coefficient (Wildman–Crippen LogP) is 2.40. The zero-order valence-electron chi connectivity index (χ0n) is 12.6. The predicted molar refractivity (Wildman–Crippen MR) is 83.7 cm³/mol. The maximum Gasteiger partial charge on any atom is 0.221 e. The van der Waals surface area contributed by atoms with Gasteiger partial charge in [-0.2, -0.15) is 0 Å². The van der Waals surface area contributed by atoms with E-state index in [9.17, 15) is 4.79 Å². The van der Waals surface area contributed by atoms with Gasteiger partial charge in [0.1, 0.15) is 0 Å². The van der Waals surface area contributed by atoms with E-state index < -0.39 is 0 Å². The van der Waals surface area contributed by atoms with E-state index in [1.54, 1.807) is 11.8 Å². The van der Waals surface area contributed by atoms with Gasteiger partial charge in [0.15, 0.2) is 5.17 Å².